The predicted octanol–water partition coefficient (Wildman–Crippen LogP) is 6.17. The van der Waals surface area contributed by atoms with E-state index in [2.05, 4.69) is 22.1 Å². The average Bonchev–Trinajstić information content (AvgIpc) is 2.70. The summed E-state index contributed by atoms with van der Waals surface area (Å²) in [5.74, 6) is 0.911. The molecule has 0 spiro atoms. The number of phenols is 2. The van der Waals surface area contributed by atoms with E-state index in [-0.39, 0.29) is 22.3 Å². The van der Waals surface area contributed by atoms with Crippen molar-refractivity contribution in [2.24, 2.45) is 0 Å². The summed E-state index contributed by atoms with van der Waals surface area (Å²) in [7, 11) is 0. The highest BCUT2D eigenvalue weighted by Crippen LogP contribution is 2.37. The Hall–Kier alpha value is -3.44. The van der Waals surface area contributed by atoms with Crippen LogP contribution >= 0.6 is 11.6 Å². The molecule has 5 nitrogen and oxygen atoms in total. The van der Waals surface area contributed by atoms with Crippen molar-refractivity contribution in [2.75, 3.05) is 0 Å². The van der Waals surface area contributed by atoms with Crippen LogP contribution in [0.3, 0.4) is 0 Å². The number of aromatic nitrogens is 3. The SMILES string of the molecule is Cc1ccc(-c2nc(-c3ccc(C)cc3C)nc(-c3cc(Cl)c(O)cc3O)n2)c(C)c1. The molecule has 0 unspecified atom stereocenters. The van der Waals surface area contributed by atoms with Crippen LogP contribution in [0.2, 0.25) is 5.02 Å². The second-order valence-corrected chi connectivity index (χ2v) is 8.17. The lowest BCUT2D eigenvalue weighted by atomic mass is 10.0. The van der Waals surface area contributed by atoms with Crippen molar-refractivity contribution < 1.29 is 10.2 Å². The molecule has 0 aliphatic carbocycles. The smallest absolute Gasteiger partial charge is 0.167 e. The van der Waals surface area contributed by atoms with E-state index in [1.165, 1.54) is 12.1 Å². The van der Waals surface area contributed by atoms with Crippen LogP contribution in [0.4, 0.5) is 0 Å². The van der Waals surface area contributed by atoms with Crippen molar-refractivity contribution in [3.8, 4) is 45.7 Å². The third-order valence-corrected chi connectivity index (χ3v) is 5.49. The molecule has 156 valence electrons. The van der Waals surface area contributed by atoms with Gasteiger partial charge in [-0.05, 0) is 44.9 Å². The lowest BCUT2D eigenvalue weighted by Gasteiger charge is -2.13. The molecule has 0 radical (unpaired) electrons. The normalized spacial score (nSPS) is 11.0. The molecule has 0 fully saturated rings. The van der Waals surface area contributed by atoms with E-state index in [1.54, 1.807) is 0 Å². The highest BCUT2D eigenvalue weighted by molar-refractivity contribution is 6.32. The highest BCUT2D eigenvalue weighted by atomic mass is 35.5. The first-order valence-electron chi connectivity index (χ1n) is 9.86. The van der Waals surface area contributed by atoms with Gasteiger partial charge < -0.3 is 10.2 Å². The summed E-state index contributed by atoms with van der Waals surface area (Å²) in [4.78, 5) is 14.1. The van der Waals surface area contributed by atoms with Gasteiger partial charge in [0.15, 0.2) is 17.5 Å². The zero-order chi connectivity index (χ0) is 22.3. The largest absolute Gasteiger partial charge is 0.507 e. The Morgan fingerprint density at radius 1 is 0.581 bits per heavy atom. The third kappa shape index (κ3) is 4.09. The first kappa shape index (κ1) is 20.8. The van der Waals surface area contributed by atoms with Gasteiger partial charge in [-0.3, -0.25) is 0 Å². The molecule has 6 heteroatoms. The maximum atomic E-state index is 10.5. The van der Waals surface area contributed by atoms with Crippen LogP contribution in [-0.4, -0.2) is 25.2 Å². The van der Waals surface area contributed by atoms with Crippen LogP contribution < -0.4 is 0 Å². The minimum Gasteiger partial charge on any atom is -0.507 e. The van der Waals surface area contributed by atoms with E-state index in [9.17, 15) is 10.2 Å². The van der Waals surface area contributed by atoms with E-state index in [0.717, 1.165) is 33.4 Å². The molecule has 4 aromatic rings. The molecule has 0 saturated carbocycles. The van der Waals surface area contributed by atoms with Crippen LogP contribution in [0.1, 0.15) is 22.3 Å². The zero-order valence-electron chi connectivity index (χ0n) is 17.7. The predicted molar refractivity (Wildman–Crippen MR) is 123 cm³/mol. The molecule has 3 aromatic carbocycles. The Morgan fingerprint density at radius 3 is 1.48 bits per heavy atom. The number of hydrogen-bond acceptors (Lipinski definition) is 5. The quantitative estimate of drug-likeness (QED) is 0.405. The number of aryl methyl sites for hydroxylation is 4. The van der Waals surface area contributed by atoms with Crippen LogP contribution in [-0.2, 0) is 0 Å². The minimum absolute atomic E-state index is 0.106. The topological polar surface area (TPSA) is 79.1 Å². The second-order valence-electron chi connectivity index (χ2n) is 7.76. The Balaban J connectivity index is 2.00. The summed E-state index contributed by atoms with van der Waals surface area (Å²) in [5.41, 5.74) is 6.45. The Kier molecular flexibility index (Phi) is 5.38. The van der Waals surface area contributed by atoms with Crippen LogP contribution in [0, 0.1) is 27.7 Å². The first-order chi connectivity index (χ1) is 14.7. The maximum absolute atomic E-state index is 10.5. The lowest BCUT2D eigenvalue weighted by Crippen LogP contribution is -2.02. The molecule has 0 bridgehead atoms. The van der Waals surface area contributed by atoms with Gasteiger partial charge in [0.1, 0.15) is 11.5 Å². The molecule has 4 rings (SSSR count). The average molecular weight is 432 g/mol. The van der Waals surface area contributed by atoms with E-state index in [0.29, 0.717) is 17.2 Å². The first-order valence-corrected chi connectivity index (χ1v) is 10.2. The van der Waals surface area contributed by atoms with Crippen LogP contribution in [0.5, 0.6) is 11.5 Å². The van der Waals surface area contributed by atoms with Gasteiger partial charge in [0.2, 0.25) is 0 Å². The second kappa shape index (κ2) is 8.00. The monoisotopic (exact) mass is 431 g/mol. The molecule has 1 aromatic heterocycles. The molecule has 0 aliphatic rings. The van der Waals surface area contributed by atoms with Gasteiger partial charge >= 0.3 is 0 Å². The molecule has 0 aliphatic heterocycles. The van der Waals surface area contributed by atoms with Crippen molar-refractivity contribution in [2.45, 2.75) is 27.7 Å². The molecule has 1 heterocycles. The van der Waals surface area contributed by atoms with Gasteiger partial charge in [-0.25, -0.2) is 15.0 Å². The fourth-order valence-corrected chi connectivity index (χ4v) is 3.76. The fraction of sp³-hybridized carbons (Fsp3) is 0.160. The number of rotatable bonds is 3. The number of benzene rings is 3. The minimum atomic E-state index is -0.207. The number of aromatic hydroxyl groups is 2. The lowest BCUT2D eigenvalue weighted by molar-refractivity contribution is 0.452. The molecular formula is C25H22ClN3O2. The fourth-order valence-electron chi connectivity index (χ4n) is 3.60. The summed E-state index contributed by atoms with van der Waals surface area (Å²) in [5, 5.41) is 20.4. The van der Waals surface area contributed by atoms with E-state index in [4.69, 9.17) is 16.6 Å². The van der Waals surface area contributed by atoms with E-state index in [1.807, 2.05) is 52.0 Å². The van der Waals surface area contributed by atoms with Crippen molar-refractivity contribution in [3.05, 3.63) is 75.8 Å². The molecule has 0 saturated heterocycles. The molecule has 0 amide bonds. The van der Waals surface area contributed by atoms with Gasteiger partial charge in [-0.2, -0.15) is 0 Å². The number of phenolic OH excluding ortho intramolecular Hbond substituents is 2. The van der Waals surface area contributed by atoms with Crippen molar-refractivity contribution in [3.63, 3.8) is 0 Å². The van der Waals surface area contributed by atoms with E-state index < -0.39 is 0 Å². The summed E-state index contributed by atoms with van der Waals surface area (Å²) in [6.07, 6.45) is 0. The summed E-state index contributed by atoms with van der Waals surface area (Å²) in [6, 6.07) is 14.8. The third-order valence-electron chi connectivity index (χ3n) is 5.19. The van der Waals surface area contributed by atoms with Gasteiger partial charge in [0.25, 0.3) is 0 Å². The highest BCUT2D eigenvalue weighted by Gasteiger charge is 2.18. The van der Waals surface area contributed by atoms with Gasteiger partial charge in [0, 0.05) is 17.2 Å². The Labute approximate surface area is 186 Å². The Morgan fingerprint density at radius 2 is 1.03 bits per heavy atom. The number of hydrogen-bond donors (Lipinski definition) is 2. The Bertz CT molecular complexity index is 1250. The molecule has 2 N–H and O–H groups in total. The van der Waals surface area contributed by atoms with Crippen LogP contribution in [0.25, 0.3) is 34.2 Å². The van der Waals surface area contributed by atoms with Crippen molar-refractivity contribution in [1.82, 2.24) is 15.0 Å². The maximum Gasteiger partial charge on any atom is 0.167 e. The van der Waals surface area contributed by atoms with Crippen molar-refractivity contribution in [1.29, 1.82) is 0 Å². The summed E-state index contributed by atoms with van der Waals surface area (Å²) >= 11 is 6.10. The van der Waals surface area contributed by atoms with Gasteiger partial charge in [0.05, 0.1) is 10.6 Å². The van der Waals surface area contributed by atoms with Crippen LogP contribution in [0.15, 0.2) is 48.5 Å². The van der Waals surface area contributed by atoms with Gasteiger partial charge in [-0.15, -0.1) is 0 Å². The van der Waals surface area contributed by atoms with Crippen molar-refractivity contribution >= 4 is 11.6 Å². The molecule has 31 heavy (non-hydrogen) atoms. The zero-order valence-corrected chi connectivity index (χ0v) is 18.5. The molecular weight excluding hydrogens is 410 g/mol. The van der Waals surface area contributed by atoms with E-state index >= 15 is 0 Å². The number of nitrogens with zero attached hydrogens (tertiary/aromatic N) is 3. The standard InChI is InChI=1S/C25H22ClN3O2/c1-13-5-7-17(15(3)9-13)23-27-24(18-8-6-14(2)10-16(18)4)29-25(28-23)19-11-20(26)22(31)12-21(19)30/h5-12,30-31H,1-4H3. The van der Waals surface area contributed by atoms with Gasteiger partial charge in [-0.1, -0.05) is 59.1 Å². The number of halogens is 1. The summed E-state index contributed by atoms with van der Waals surface area (Å²) < 4.78 is 0. The molecule has 0 atom stereocenters. The summed E-state index contributed by atoms with van der Waals surface area (Å²) in [6.45, 7) is 8.09.